The van der Waals surface area contributed by atoms with E-state index in [0.29, 0.717) is 16.8 Å². The maximum absolute atomic E-state index is 13.0. The van der Waals surface area contributed by atoms with E-state index in [1.54, 1.807) is 49.4 Å². The van der Waals surface area contributed by atoms with Gasteiger partial charge >= 0.3 is 0 Å². The Morgan fingerprint density at radius 2 is 1.62 bits per heavy atom. The van der Waals surface area contributed by atoms with Gasteiger partial charge in [-0.15, -0.1) is 0 Å². The minimum absolute atomic E-state index is 0.280. The van der Waals surface area contributed by atoms with Crippen LogP contribution in [0.1, 0.15) is 35.3 Å². The zero-order valence-electron chi connectivity index (χ0n) is 15.0. The van der Waals surface area contributed by atoms with Crippen molar-refractivity contribution in [1.82, 2.24) is 0 Å². The molecule has 4 nitrogen and oxygen atoms in total. The molecule has 0 spiro atoms. The lowest BCUT2D eigenvalue weighted by atomic mass is 10.1. The summed E-state index contributed by atoms with van der Waals surface area (Å²) in [6, 6.07) is 11.1. The van der Waals surface area contributed by atoms with Gasteiger partial charge in [-0.25, -0.2) is 4.39 Å². The van der Waals surface area contributed by atoms with Crippen LogP contribution in [0.2, 0.25) is 0 Å². The lowest BCUT2D eigenvalue weighted by Gasteiger charge is -2.10. The van der Waals surface area contributed by atoms with Crippen molar-refractivity contribution in [3.8, 4) is 0 Å². The fourth-order valence-corrected chi connectivity index (χ4v) is 2.27. The normalized spacial score (nSPS) is 12.0. The zero-order valence-corrected chi connectivity index (χ0v) is 15.0. The van der Waals surface area contributed by atoms with Gasteiger partial charge in [-0.2, -0.15) is 0 Å². The van der Waals surface area contributed by atoms with Crippen LogP contribution in [-0.4, -0.2) is 11.8 Å². The van der Waals surface area contributed by atoms with Crippen LogP contribution < -0.4 is 11.1 Å². The Balaban J connectivity index is 2.15. The van der Waals surface area contributed by atoms with Gasteiger partial charge in [0.1, 0.15) is 5.82 Å². The van der Waals surface area contributed by atoms with E-state index in [4.69, 9.17) is 5.73 Å². The molecule has 5 heteroatoms. The number of amides is 2. The quantitative estimate of drug-likeness (QED) is 0.625. The average Bonchev–Trinajstić information content (AvgIpc) is 2.61. The number of nitrogens with one attached hydrogen (secondary N) is 1. The minimum atomic E-state index is -0.550. The summed E-state index contributed by atoms with van der Waals surface area (Å²) in [5.74, 6) is -1.12. The molecule has 26 heavy (non-hydrogen) atoms. The van der Waals surface area contributed by atoms with Crippen molar-refractivity contribution in [2.45, 2.75) is 20.8 Å². The van der Waals surface area contributed by atoms with Crippen molar-refractivity contribution in [3.63, 3.8) is 0 Å². The van der Waals surface area contributed by atoms with Crippen molar-refractivity contribution >= 4 is 23.1 Å². The Morgan fingerprint density at radius 1 is 1.00 bits per heavy atom. The van der Waals surface area contributed by atoms with Crippen molar-refractivity contribution < 1.29 is 14.0 Å². The first-order valence-corrected chi connectivity index (χ1v) is 8.11. The first kappa shape index (κ1) is 19.1. The van der Waals surface area contributed by atoms with Crippen LogP contribution in [0.25, 0.3) is 5.57 Å². The van der Waals surface area contributed by atoms with E-state index < -0.39 is 5.91 Å². The molecule has 0 aromatic heterocycles. The van der Waals surface area contributed by atoms with E-state index in [1.165, 1.54) is 12.1 Å². The van der Waals surface area contributed by atoms with Gasteiger partial charge in [-0.3, -0.25) is 9.59 Å². The molecule has 0 aliphatic carbocycles. The fourth-order valence-electron chi connectivity index (χ4n) is 2.27. The van der Waals surface area contributed by atoms with E-state index >= 15 is 0 Å². The van der Waals surface area contributed by atoms with Gasteiger partial charge in [-0.05, 0) is 61.7 Å². The lowest BCUT2D eigenvalue weighted by Crippen LogP contribution is -2.15. The summed E-state index contributed by atoms with van der Waals surface area (Å²) in [5, 5.41) is 2.78. The summed E-state index contributed by atoms with van der Waals surface area (Å²) in [6.45, 7) is 5.41. The Kier molecular flexibility index (Phi) is 6.07. The van der Waals surface area contributed by atoms with Crippen LogP contribution in [0, 0.1) is 12.7 Å². The third-order valence-corrected chi connectivity index (χ3v) is 4.01. The van der Waals surface area contributed by atoms with Gasteiger partial charge in [0, 0.05) is 16.8 Å². The summed E-state index contributed by atoms with van der Waals surface area (Å²) in [4.78, 5) is 23.6. The van der Waals surface area contributed by atoms with Gasteiger partial charge in [-0.1, -0.05) is 30.4 Å². The SMILES string of the molecule is C/C(=C\C=C(/C)c1ccc(F)cc1)C(=O)Nc1cc(C(N)=O)ccc1C. The third-order valence-electron chi connectivity index (χ3n) is 4.01. The lowest BCUT2D eigenvalue weighted by molar-refractivity contribution is -0.112. The monoisotopic (exact) mass is 352 g/mol. The Bertz CT molecular complexity index is 897. The topological polar surface area (TPSA) is 72.2 Å². The number of halogens is 1. The number of aryl methyl sites for hydroxylation is 1. The largest absolute Gasteiger partial charge is 0.366 e. The summed E-state index contributed by atoms with van der Waals surface area (Å²) in [6.07, 6.45) is 3.50. The number of nitrogens with two attached hydrogens (primary N) is 1. The van der Waals surface area contributed by atoms with Crippen molar-refractivity contribution in [2.75, 3.05) is 5.32 Å². The molecule has 2 amide bonds. The van der Waals surface area contributed by atoms with Crippen molar-refractivity contribution in [3.05, 3.63) is 82.7 Å². The number of anilines is 1. The predicted octanol–water partition coefficient (Wildman–Crippen LogP) is 4.22. The molecule has 3 N–H and O–H groups in total. The number of hydrogen-bond donors (Lipinski definition) is 2. The van der Waals surface area contributed by atoms with Crippen LogP contribution in [0.4, 0.5) is 10.1 Å². The molecule has 0 atom stereocenters. The highest BCUT2D eigenvalue weighted by atomic mass is 19.1. The van der Waals surface area contributed by atoms with Gasteiger partial charge in [0.2, 0.25) is 5.91 Å². The van der Waals surface area contributed by atoms with E-state index in [9.17, 15) is 14.0 Å². The highest BCUT2D eigenvalue weighted by molar-refractivity contribution is 6.05. The second-order valence-electron chi connectivity index (χ2n) is 6.05. The predicted molar refractivity (Wildman–Crippen MR) is 102 cm³/mol. The number of hydrogen-bond acceptors (Lipinski definition) is 2. The van der Waals surface area contributed by atoms with Crippen LogP contribution in [0.15, 0.2) is 60.2 Å². The van der Waals surface area contributed by atoms with E-state index in [-0.39, 0.29) is 11.7 Å². The molecular weight excluding hydrogens is 331 g/mol. The molecular formula is C21H21FN2O2. The Morgan fingerprint density at radius 3 is 2.23 bits per heavy atom. The number of rotatable bonds is 5. The number of benzene rings is 2. The molecule has 2 rings (SSSR count). The van der Waals surface area contributed by atoms with E-state index in [1.807, 2.05) is 13.8 Å². The van der Waals surface area contributed by atoms with Crippen LogP contribution >= 0.6 is 0 Å². The average molecular weight is 352 g/mol. The van der Waals surface area contributed by atoms with Crippen molar-refractivity contribution in [1.29, 1.82) is 0 Å². The number of carbonyl (C=O) groups is 2. The molecule has 0 fully saturated rings. The third kappa shape index (κ3) is 4.89. The van der Waals surface area contributed by atoms with E-state index in [2.05, 4.69) is 5.32 Å². The molecule has 0 saturated heterocycles. The number of primary amides is 1. The first-order valence-electron chi connectivity index (χ1n) is 8.11. The maximum Gasteiger partial charge on any atom is 0.251 e. The fraction of sp³-hybridized carbons (Fsp3) is 0.143. The molecule has 0 aliphatic rings. The van der Waals surface area contributed by atoms with Crippen LogP contribution in [0.3, 0.4) is 0 Å². The molecule has 134 valence electrons. The van der Waals surface area contributed by atoms with Crippen LogP contribution in [0.5, 0.6) is 0 Å². The van der Waals surface area contributed by atoms with Gasteiger partial charge in [0.15, 0.2) is 0 Å². The van der Waals surface area contributed by atoms with Crippen LogP contribution in [-0.2, 0) is 4.79 Å². The standard InChI is InChI=1S/C21H21FN2O2/c1-13(16-8-10-18(22)11-9-16)4-5-15(3)21(26)24-19-12-17(20(23)25)7-6-14(19)2/h4-12H,1-3H3,(H2,23,25)(H,24,26)/b13-4+,15-5+. The molecule has 0 radical (unpaired) electrons. The first-order chi connectivity index (χ1) is 12.3. The van der Waals surface area contributed by atoms with Crippen molar-refractivity contribution in [2.24, 2.45) is 5.73 Å². The second kappa shape index (κ2) is 8.25. The Hall–Kier alpha value is -3.21. The molecule has 2 aromatic rings. The summed E-state index contributed by atoms with van der Waals surface area (Å²) >= 11 is 0. The van der Waals surface area contributed by atoms with Gasteiger partial charge in [0.25, 0.3) is 5.91 Å². The second-order valence-corrected chi connectivity index (χ2v) is 6.05. The Labute approximate surface area is 152 Å². The molecule has 0 aliphatic heterocycles. The maximum atomic E-state index is 13.0. The molecule has 0 saturated carbocycles. The highest BCUT2D eigenvalue weighted by Gasteiger charge is 2.09. The number of carbonyl (C=O) groups excluding carboxylic acids is 2. The molecule has 2 aromatic carbocycles. The summed E-state index contributed by atoms with van der Waals surface area (Å²) in [7, 11) is 0. The molecule has 0 bridgehead atoms. The molecule has 0 unspecified atom stereocenters. The summed E-state index contributed by atoms with van der Waals surface area (Å²) in [5.41, 5.74) is 9.25. The van der Waals surface area contributed by atoms with Gasteiger partial charge in [0.05, 0.1) is 0 Å². The number of allylic oxidation sites excluding steroid dienone is 3. The highest BCUT2D eigenvalue weighted by Crippen LogP contribution is 2.18. The minimum Gasteiger partial charge on any atom is -0.366 e. The molecule has 0 heterocycles. The van der Waals surface area contributed by atoms with Gasteiger partial charge < -0.3 is 11.1 Å². The zero-order chi connectivity index (χ0) is 19.3. The summed E-state index contributed by atoms with van der Waals surface area (Å²) < 4.78 is 13.0. The van der Waals surface area contributed by atoms with E-state index in [0.717, 1.165) is 16.7 Å². The smallest absolute Gasteiger partial charge is 0.251 e.